The SMILES string of the molecule is Cn1nccc1CN1CCCN(C(=O)c2ccc3c(c2)ncn3C)CC1. The molecular formula is C19H24N6O. The summed E-state index contributed by atoms with van der Waals surface area (Å²) < 4.78 is 3.88. The van der Waals surface area contributed by atoms with E-state index < -0.39 is 0 Å². The molecule has 3 heterocycles. The number of nitrogens with zero attached hydrogens (tertiary/aromatic N) is 6. The number of carbonyl (C=O) groups is 1. The van der Waals surface area contributed by atoms with E-state index >= 15 is 0 Å². The third-order valence-electron chi connectivity index (χ3n) is 5.16. The monoisotopic (exact) mass is 352 g/mol. The van der Waals surface area contributed by atoms with Crippen LogP contribution in [0.4, 0.5) is 0 Å². The predicted octanol–water partition coefficient (Wildman–Crippen LogP) is 1.65. The molecule has 0 saturated carbocycles. The van der Waals surface area contributed by atoms with E-state index in [1.807, 2.05) is 52.6 Å². The number of rotatable bonds is 3. The molecule has 1 saturated heterocycles. The molecule has 0 unspecified atom stereocenters. The van der Waals surface area contributed by atoms with Gasteiger partial charge >= 0.3 is 0 Å². The Kier molecular flexibility index (Phi) is 4.46. The largest absolute Gasteiger partial charge is 0.337 e. The van der Waals surface area contributed by atoms with Crippen LogP contribution >= 0.6 is 0 Å². The lowest BCUT2D eigenvalue weighted by Crippen LogP contribution is -2.35. The molecule has 1 aliphatic rings. The van der Waals surface area contributed by atoms with Crippen LogP contribution in [0.5, 0.6) is 0 Å². The van der Waals surface area contributed by atoms with Crippen LogP contribution in [0.2, 0.25) is 0 Å². The Hall–Kier alpha value is -2.67. The highest BCUT2D eigenvalue weighted by Crippen LogP contribution is 2.17. The molecule has 0 bridgehead atoms. The number of hydrogen-bond donors (Lipinski definition) is 0. The van der Waals surface area contributed by atoms with Crippen LogP contribution in [0.3, 0.4) is 0 Å². The van der Waals surface area contributed by atoms with Crippen LogP contribution in [0.15, 0.2) is 36.8 Å². The fraction of sp³-hybridized carbons (Fsp3) is 0.421. The molecule has 136 valence electrons. The van der Waals surface area contributed by atoms with Crippen LogP contribution in [0.25, 0.3) is 11.0 Å². The Morgan fingerprint density at radius 2 is 2.00 bits per heavy atom. The second-order valence-electron chi connectivity index (χ2n) is 6.93. The third kappa shape index (κ3) is 3.22. The third-order valence-corrected chi connectivity index (χ3v) is 5.16. The fourth-order valence-electron chi connectivity index (χ4n) is 3.57. The maximum absolute atomic E-state index is 12.9. The van der Waals surface area contributed by atoms with Crippen molar-refractivity contribution in [3.05, 3.63) is 48.0 Å². The second kappa shape index (κ2) is 6.92. The number of imidazole rings is 1. The van der Waals surface area contributed by atoms with Crippen molar-refractivity contribution in [1.29, 1.82) is 0 Å². The summed E-state index contributed by atoms with van der Waals surface area (Å²) in [4.78, 5) is 21.7. The van der Waals surface area contributed by atoms with Gasteiger partial charge in [0.05, 0.1) is 23.1 Å². The van der Waals surface area contributed by atoms with Crippen LogP contribution in [0.1, 0.15) is 22.5 Å². The normalized spacial score (nSPS) is 16.2. The first kappa shape index (κ1) is 16.8. The Bertz CT molecular complexity index is 927. The van der Waals surface area contributed by atoms with Gasteiger partial charge in [-0.1, -0.05) is 0 Å². The first-order valence-corrected chi connectivity index (χ1v) is 9.01. The minimum atomic E-state index is 0.0972. The topological polar surface area (TPSA) is 59.2 Å². The molecule has 3 aromatic rings. The quantitative estimate of drug-likeness (QED) is 0.719. The average molecular weight is 352 g/mol. The van der Waals surface area contributed by atoms with E-state index in [1.54, 1.807) is 6.33 Å². The van der Waals surface area contributed by atoms with Gasteiger partial charge in [0.2, 0.25) is 0 Å². The number of benzene rings is 1. The summed E-state index contributed by atoms with van der Waals surface area (Å²) in [6.07, 6.45) is 4.59. The second-order valence-corrected chi connectivity index (χ2v) is 6.93. The van der Waals surface area contributed by atoms with Crippen molar-refractivity contribution in [3.63, 3.8) is 0 Å². The van der Waals surface area contributed by atoms with Crippen LogP contribution in [0, 0.1) is 0 Å². The highest BCUT2D eigenvalue weighted by Gasteiger charge is 2.21. The first-order chi connectivity index (χ1) is 12.6. The van der Waals surface area contributed by atoms with Crippen molar-refractivity contribution in [2.24, 2.45) is 14.1 Å². The standard InChI is InChI=1S/C19H24N6O/c1-22-14-20-17-12-15(4-5-18(17)22)19(26)25-9-3-8-24(10-11-25)13-16-6-7-21-23(16)2/h4-7,12,14H,3,8-11,13H2,1-2H3. The maximum Gasteiger partial charge on any atom is 0.253 e. The van der Waals surface area contributed by atoms with E-state index in [1.165, 1.54) is 5.69 Å². The minimum Gasteiger partial charge on any atom is -0.337 e. The number of aryl methyl sites for hydroxylation is 2. The molecule has 0 aliphatic carbocycles. The number of fused-ring (bicyclic) bond motifs is 1. The minimum absolute atomic E-state index is 0.0972. The summed E-state index contributed by atoms with van der Waals surface area (Å²) in [5, 5.41) is 4.23. The zero-order valence-corrected chi connectivity index (χ0v) is 15.3. The van der Waals surface area contributed by atoms with Crippen molar-refractivity contribution in [2.45, 2.75) is 13.0 Å². The summed E-state index contributed by atoms with van der Waals surface area (Å²) in [5.41, 5.74) is 3.83. The zero-order valence-electron chi connectivity index (χ0n) is 15.3. The lowest BCUT2D eigenvalue weighted by atomic mass is 10.1. The molecule has 1 amide bonds. The van der Waals surface area contributed by atoms with Crippen molar-refractivity contribution in [2.75, 3.05) is 26.2 Å². The Balaban J connectivity index is 1.44. The average Bonchev–Trinajstić information content (AvgIpc) is 3.13. The van der Waals surface area contributed by atoms with Gasteiger partial charge in [0.1, 0.15) is 0 Å². The van der Waals surface area contributed by atoms with Gasteiger partial charge in [0.25, 0.3) is 5.91 Å². The van der Waals surface area contributed by atoms with Gasteiger partial charge in [-0.15, -0.1) is 0 Å². The van der Waals surface area contributed by atoms with Gasteiger partial charge in [-0.3, -0.25) is 14.4 Å². The smallest absolute Gasteiger partial charge is 0.253 e. The van der Waals surface area contributed by atoms with Crippen molar-refractivity contribution in [1.82, 2.24) is 29.1 Å². The summed E-state index contributed by atoms with van der Waals surface area (Å²) >= 11 is 0. The highest BCUT2D eigenvalue weighted by molar-refractivity contribution is 5.97. The van der Waals surface area contributed by atoms with Gasteiger partial charge in [0, 0.05) is 58.6 Å². The molecule has 1 aliphatic heterocycles. The Morgan fingerprint density at radius 3 is 2.81 bits per heavy atom. The molecule has 0 spiro atoms. The van der Waals surface area contributed by atoms with Crippen LogP contribution in [-0.2, 0) is 20.6 Å². The van der Waals surface area contributed by atoms with E-state index in [9.17, 15) is 4.79 Å². The zero-order chi connectivity index (χ0) is 18.1. The summed E-state index contributed by atoms with van der Waals surface area (Å²) in [7, 11) is 3.93. The molecule has 2 aromatic heterocycles. The van der Waals surface area contributed by atoms with E-state index in [4.69, 9.17) is 0 Å². The van der Waals surface area contributed by atoms with E-state index in [0.29, 0.717) is 0 Å². The maximum atomic E-state index is 12.9. The molecule has 26 heavy (non-hydrogen) atoms. The van der Waals surface area contributed by atoms with Crippen molar-refractivity contribution >= 4 is 16.9 Å². The summed E-state index contributed by atoms with van der Waals surface area (Å²) in [6, 6.07) is 7.83. The number of carbonyl (C=O) groups excluding carboxylic acids is 1. The van der Waals surface area contributed by atoms with Crippen molar-refractivity contribution in [3.8, 4) is 0 Å². The number of amides is 1. The lowest BCUT2D eigenvalue weighted by Gasteiger charge is -2.22. The van der Waals surface area contributed by atoms with Gasteiger partial charge < -0.3 is 9.47 Å². The highest BCUT2D eigenvalue weighted by atomic mass is 16.2. The molecule has 1 fully saturated rings. The first-order valence-electron chi connectivity index (χ1n) is 9.01. The lowest BCUT2D eigenvalue weighted by molar-refractivity contribution is 0.0761. The molecule has 0 N–H and O–H groups in total. The van der Waals surface area contributed by atoms with E-state index in [2.05, 4.69) is 21.0 Å². The summed E-state index contributed by atoms with van der Waals surface area (Å²) in [6.45, 7) is 4.29. The van der Waals surface area contributed by atoms with Crippen molar-refractivity contribution < 1.29 is 4.79 Å². The number of hydrogen-bond acceptors (Lipinski definition) is 4. The van der Waals surface area contributed by atoms with E-state index in [0.717, 1.165) is 55.7 Å². The van der Waals surface area contributed by atoms with Gasteiger partial charge in [0.15, 0.2) is 0 Å². The van der Waals surface area contributed by atoms with Gasteiger partial charge in [-0.2, -0.15) is 5.10 Å². The molecule has 1 aromatic carbocycles. The van der Waals surface area contributed by atoms with Gasteiger partial charge in [-0.05, 0) is 30.7 Å². The molecule has 0 radical (unpaired) electrons. The van der Waals surface area contributed by atoms with Crippen LogP contribution in [-0.4, -0.2) is 61.2 Å². The van der Waals surface area contributed by atoms with Gasteiger partial charge in [-0.25, -0.2) is 4.98 Å². The molecular weight excluding hydrogens is 328 g/mol. The molecule has 4 rings (SSSR count). The predicted molar refractivity (Wildman–Crippen MR) is 99.7 cm³/mol. The number of aromatic nitrogens is 4. The molecule has 7 heteroatoms. The Labute approximate surface area is 152 Å². The van der Waals surface area contributed by atoms with E-state index in [-0.39, 0.29) is 5.91 Å². The van der Waals surface area contributed by atoms with Crippen LogP contribution < -0.4 is 0 Å². The molecule has 7 nitrogen and oxygen atoms in total. The molecule has 0 atom stereocenters. The summed E-state index contributed by atoms with van der Waals surface area (Å²) in [5.74, 6) is 0.0972. The Morgan fingerprint density at radius 1 is 1.12 bits per heavy atom. The fourth-order valence-corrected chi connectivity index (χ4v) is 3.57.